The van der Waals surface area contributed by atoms with E-state index >= 15 is 0 Å². The van der Waals surface area contributed by atoms with Gasteiger partial charge in [0.15, 0.2) is 5.82 Å². The molecule has 0 saturated heterocycles. The molecule has 0 atom stereocenters. The van der Waals surface area contributed by atoms with Crippen molar-refractivity contribution in [1.82, 2.24) is 15.5 Å². The van der Waals surface area contributed by atoms with Crippen LogP contribution in [-0.2, 0) is 13.0 Å². The Labute approximate surface area is 91.5 Å². The Morgan fingerprint density at radius 1 is 1.33 bits per heavy atom. The van der Waals surface area contributed by atoms with Crippen LogP contribution in [-0.4, -0.2) is 16.2 Å². The SMILES string of the molecule is CC(C)NCc1noc(CC(C)(C)C)n1. The maximum atomic E-state index is 5.17. The highest BCUT2D eigenvalue weighted by molar-refractivity contribution is 4.89. The summed E-state index contributed by atoms with van der Waals surface area (Å²) in [5, 5.41) is 7.18. The van der Waals surface area contributed by atoms with E-state index in [9.17, 15) is 0 Å². The molecule has 1 aromatic heterocycles. The molecule has 1 N–H and O–H groups in total. The summed E-state index contributed by atoms with van der Waals surface area (Å²) in [5.41, 5.74) is 0.190. The zero-order valence-electron chi connectivity index (χ0n) is 10.3. The third kappa shape index (κ3) is 4.93. The van der Waals surface area contributed by atoms with Crippen LogP contribution in [0, 0.1) is 5.41 Å². The van der Waals surface area contributed by atoms with Gasteiger partial charge in [-0.25, -0.2) is 0 Å². The topological polar surface area (TPSA) is 51.0 Å². The smallest absolute Gasteiger partial charge is 0.227 e. The van der Waals surface area contributed by atoms with Crippen molar-refractivity contribution in [3.63, 3.8) is 0 Å². The summed E-state index contributed by atoms with van der Waals surface area (Å²) in [4.78, 5) is 4.33. The fraction of sp³-hybridized carbons (Fsp3) is 0.818. The molecule has 0 bridgehead atoms. The average molecular weight is 211 g/mol. The van der Waals surface area contributed by atoms with Crippen LogP contribution in [0.2, 0.25) is 0 Å². The van der Waals surface area contributed by atoms with Gasteiger partial charge < -0.3 is 9.84 Å². The van der Waals surface area contributed by atoms with Crippen molar-refractivity contribution < 1.29 is 4.52 Å². The number of nitrogens with one attached hydrogen (secondary N) is 1. The molecule has 4 heteroatoms. The Hall–Kier alpha value is -0.900. The molecule has 0 aromatic carbocycles. The monoisotopic (exact) mass is 211 g/mol. The van der Waals surface area contributed by atoms with E-state index in [1.807, 2.05) is 0 Å². The lowest BCUT2D eigenvalue weighted by molar-refractivity contribution is 0.311. The fourth-order valence-electron chi connectivity index (χ4n) is 1.18. The molecule has 0 radical (unpaired) electrons. The Morgan fingerprint density at radius 3 is 2.53 bits per heavy atom. The number of rotatable bonds is 4. The molecule has 86 valence electrons. The molecule has 1 rings (SSSR count). The molecule has 4 nitrogen and oxygen atoms in total. The van der Waals surface area contributed by atoms with Gasteiger partial charge in [0.2, 0.25) is 5.89 Å². The number of hydrogen-bond donors (Lipinski definition) is 1. The minimum absolute atomic E-state index is 0.190. The highest BCUT2D eigenvalue weighted by Crippen LogP contribution is 2.19. The minimum Gasteiger partial charge on any atom is -0.339 e. The quantitative estimate of drug-likeness (QED) is 0.829. The lowest BCUT2D eigenvalue weighted by Crippen LogP contribution is -2.22. The molecule has 0 saturated carbocycles. The summed E-state index contributed by atoms with van der Waals surface area (Å²) in [6, 6.07) is 0.439. The van der Waals surface area contributed by atoms with Gasteiger partial charge in [-0.3, -0.25) is 0 Å². The van der Waals surface area contributed by atoms with E-state index in [4.69, 9.17) is 4.52 Å². The van der Waals surface area contributed by atoms with Gasteiger partial charge in [0.25, 0.3) is 0 Å². The van der Waals surface area contributed by atoms with E-state index in [2.05, 4.69) is 50.1 Å². The number of aromatic nitrogens is 2. The van der Waals surface area contributed by atoms with Crippen LogP contribution in [0.1, 0.15) is 46.3 Å². The zero-order chi connectivity index (χ0) is 11.5. The largest absolute Gasteiger partial charge is 0.339 e. The van der Waals surface area contributed by atoms with E-state index in [-0.39, 0.29) is 5.41 Å². The number of hydrogen-bond acceptors (Lipinski definition) is 4. The van der Waals surface area contributed by atoms with Crippen molar-refractivity contribution in [1.29, 1.82) is 0 Å². The van der Waals surface area contributed by atoms with Crippen molar-refractivity contribution in [2.75, 3.05) is 0 Å². The van der Waals surface area contributed by atoms with Gasteiger partial charge in [-0.2, -0.15) is 4.98 Å². The average Bonchev–Trinajstić information content (AvgIpc) is 2.45. The van der Waals surface area contributed by atoms with Crippen molar-refractivity contribution in [2.24, 2.45) is 5.41 Å². The summed E-state index contributed by atoms with van der Waals surface area (Å²) in [7, 11) is 0. The van der Waals surface area contributed by atoms with Crippen LogP contribution < -0.4 is 5.32 Å². The Balaban J connectivity index is 2.49. The van der Waals surface area contributed by atoms with Gasteiger partial charge in [-0.1, -0.05) is 39.8 Å². The lowest BCUT2D eigenvalue weighted by Gasteiger charge is -2.13. The van der Waals surface area contributed by atoms with Gasteiger partial charge in [0.05, 0.1) is 6.54 Å². The van der Waals surface area contributed by atoms with Gasteiger partial charge in [-0.05, 0) is 5.41 Å². The predicted molar refractivity (Wildman–Crippen MR) is 59.4 cm³/mol. The molecule has 0 aliphatic rings. The summed E-state index contributed by atoms with van der Waals surface area (Å²) < 4.78 is 5.17. The number of nitrogens with zero attached hydrogens (tertiary/aromatic N) is 2. The van der Waals surface area contributed by atoms with Crippen LogP contribution in [0.5, 0.6) is 0 Å². The van der Waals surface area contributed by atoms with E-state index in [0.717, 1.165) is 18.1 Å². The highest BCUT2D eigenvalue weighted by atomic mass is 16.5. The van der Waals surface area contributed by atoms with E-state index in [1.165, 1.54) is 0 Å². The van der Waals surface area contributed by atoms with E-state index < -0.39 is 0 Å². The van der Waals surface area contributed by atoms with Crippen LogP contribution in [0.3, 0.4) is 0 Å². The molecule has 1 heterocycles. The summed E-state index contributed by atoms with van der Waals surface area (Å²) >= 11 is 0. The lowest BCUT2D eigenvalue weighted by atomic mass is 9.92. The van der Waals surface area contributed by atoms with E-state index in [1.54, 1.807) is 0 Å². The minimum atomic E-state index is 0.190. The summed E-state index contributed by atoms with van der Waals surface area (Å²) in [6.45, 7) is 11.3. The predicted octanol–water partition coefficient (Wildman–Crippen LogP) is 2.16. The second-order valence-electron chi connectivity index (χ2n) is 5.38. The maximum absolute atomic E-state index is 5.17. The van der Waals surface area contributed by atoms with Crippen LogP contribution in [0.15, 0.2) is 4.52 Å². The van der Waals surface area contributed by atoms with Gasteiger partial charge >= 0.3 is 0 Å². The van der Waals surface area contributed by atoms with Crippen LogP contribution >= 0.6 is 0 Å². The molecule has 1 aromatic rings. The first-order valence-electron chi connectivity index (χ1n) is 5.42. The standard InChI is InChI=1S/C11H21N3O/c1-8(2)12-7-9-13-10(15-14-9)6-11(3,4)5/h8,12H,6-7H2,1-5H3. The summed E-state index contributed by atoms with van der Waals surface area (Å²) in [6.07, 6.45) is 0.821. The second kappa shape index (κ2) is 4.75. The molecule has 0 amide bonds. The van der Waals surface area contributed by atoms with Crippen molar-refractivity contribution in [3.8, 4) is 0 Å². The van der Waals surface area contributed by atoms with Gasteiger partial charge in [0.1, 0.15) is 0 Å². The summed E-state index contributed by atoms with van der Waals surface area (Å²) in [5.74, 6) is 1.46. The molecule has 0 unspecified atom stereocenters. The van der Waals surface area contributed by atoms with Crippen LogP contribution in [0.4, 0.5) is 0 Å². The first kappa shape index (κ1) is 12.2. The van der Waals surface area contributed by atoms with Gasteiger partial charge in [-0.15, -0.1) is 0 Å². The van der Waals surface area contributed by atoms with Crippen molar-refractivity contribution in [2.45, 2.75) is 53.6 Å². The molecule has 0 aliphatic heterocycles. The zero-order valence-corrected chi connectivity index (χ0v) is 10.3. The molecule has 0 aliphatic carbocycles. The first-order chi connectivity index (χ1) is 6.87. The fourth-order valence-corrected chi connectivity index (χ4v) is 1.18. The molecule has 15 heavy (non-hydrogen) atoms. The Morgan fingerprint density at radius 2 is 2.00 bits per heavy atom. The molecule has 0 spiro atoms. The Bertz CT molecular complexity index is 299. The highest BCUT2D eigenvalue weighted by Gasteiger charge is 2.16. The van der Waals surface area contributed by atoms with E-state index in [0.29, 0.717) is 12.6 Å². The first-order valence-corrected chi connectivity index (χ1v) is 5.42. The maximum Gasteiger partial charge on any atom is 0.227 e. The second-order valence-corrected chi connectivity index (χ2v) is 5.38. The third-order valence-electron chi connectivity index (χ3n) is 1.86. The molecular formula is C11H21N3O. The van der Waals surface area contributed by atoms with Gasteiger partial charge in [0, 0.05) is 12.5 Å². The third-order valence-corrected chi connectivity index (χ3v) is 1.86. The van der Waals surface area contributed by atoms with Crippen LogP contribution in [0.25, 0.3) is 0 Å². The Kier molecular flexibility index (Phi) is 3.85. The van der Waals surface area contributed by atoms with Crippen molar-refractivity contribution >= 4 is 0 Å². The molecular weight excluding hydrogens is 190 g/mol. The normalized spacial score (nSPS) is 12.4. The van der Waals surface area contributed by atoms with Crippen molar-refractivity contribution in [3.05, 3.63) is 11.7 Å². The molecule has 0 fully saturated rings.